The van der Waals surface area contributed by atoms with Gasteiger partial charge in [0.2, 0.25) is 5.91 Å². The molecule has 0 fully saturated rings. The van der Waals surface area contributed by atoms with Gasteiger partial charge in [-0.05, 0) is 18.1 Å². The normalized spacial score (nSPS) is 10.8. The molecule has 1 aromatic heterocycles. The molecule has 21 heavy (non-hydrogen) atoms. The number of hydrogen-bond donors (Lipinski definition) is 1. The van der Waals surface area contributed by atoms with Gasteiger partial charge in [0.05, 0.1) is 17.0 Å². The number of imidazole rings is 1. The third-order valence-corrected chi connectivity index (χ3v) is 3.35. The third kappa shape index (κ3) is 3.34. The standard InChI is InChI=1S/C15H17ClN4O/c1-10(2)8-18-14(21)9-20-12-5-3-4-11(7-17)15(12)19-13(20)6-16/h3-5,10H,6,8-9H2,1-2H3,(H,18,21). The van der Waals surface area contributed by atoms with Crippen LogP contribution in [0.3, 0.4) is 0 Å². The predicted octanol–water partition coefficient (Wildman–Crippen LogP) is 2.42. The summed E-state index contributed by atoms with van der Waals surface area (Å²) in [5.74, 6) is 1.09. The van der Waals surface area contributed by atoms with Crippen LogP contribution in [0.25, 0.3) is 11.0 Å². The van der Waals surface area contributed by atoms with E-state index in [2.05, 4.69) is 16.4 Å². The zero-order valence-corrected chi connectivity index (χ0v) is 12.8. The minimum Gasteiger partial charge on any atom is -0.354 e. The summed E-state index contributed by atoms with van der Waals surface area (Å²) in [5, 5.41) is 12.0. The molecule has 0 saturated carbocycles. The molecule has 2 rings (SSSR count). The van der Waals surface area contributed by atoms with Crippen LogP contribution in [0.1, 0.15) is 25.2 Å². The lowest BCUT2D eigenvalue weighted by Gasteiger charge is -2.10. The van der Waals surface area contributed by atoms with Crippen LogP contribution in [0.5, 0.6) is 0 Å². The molecule has 0 atom stereocenters. The molecule has 0 saturated heterocycles. The van der Waals surface area contributed by atoms with Gasteiger partial charge in [-0.15, -0.1) is 11.6 Å². The van der Waals surface area contributed by atoms with Crippen LogP contribution in [0, 0.1) is 17.2 Å². The first kappa shape index (κ1) is 15.3. The topological polar surface area (TPSA) is 70.7 Å². The van der Waals surface area contributed by atoms with Gasteiger partial charge in [0, 0.05) is 6.54 Å². The molecular formula is C15H17ClN4O. The number of carbonyl (C=O) groups excluding carboxylic acids is 1. The number of nitriles is 1. The van der Waals surface area contributed by atoms with Crippen molar-refractivity contribution in [2.45, 2.75) is 26.3 Å². The number of hydrogen-bond acceptors (Lipinski definition) is 3. The highest BCUT2D eigenvalue weighted by molar-refractivity contribution is 6.17. The maximum atomic E-state index is 12.0. The summed E-state index contributed by atoms with van der Waals surface area (Å²) in [6.07, 6.45) is 0. The molecule has 0 unspecified atom stereocenters. The Labute approximate surface area is 128 Å². The lowest BCUT2D eigenvalue weighted by molar-refractivity contribution is -0.121. The van der Waals surface area contributed by atoms with E-state index in [4.69, 9.17) is 16.9 Å². The molecule has 0 aliphatic rings. The second-order valence-corrected chi connectivity index (χ2v) is 5.50. The Morgan fingerprint density at radius 3 is 2.90 bits per heavy atom. The van der Waals surface area contributed by atoms with E-state index < -0.39 is 0 Å². The number of aromatic nitrogens is 2. The average Bonchev–Trinajstić information content (AvgIpc) is 2.83. The van der Waals surface area contributed by atoms with Crippen molar-refractivity contribution < 1.29 is 4.79 Å². The van der Waals surface area contributed by atoms with Gasteiger partial charge >= 0.3 is 0 Å². The van der Waals surface area contributed by atoms with Crippen LogP contribution in [-0.2, 0) is 17.2 Å². The van der Waals surface area contributed by atoms with Gasteiger partial charge in [0.1, 0.15) is 24.0 Å². The minimum atomic E-state index is -0.0864. The van der Waals surface area contributed by atoms with Gasteiger partial charge in [0.15, 0.2) is 0 Å². The Hall–Kier alpha value is -2.06. The molecule has 0 bridgehead atoms. The Morgan fingerprint density at radius 2 is 2.29 bits per heavy atom. The molecule has 0 aliphatic heterocycles. The molecule has 1 aromatic carbocycles. The highest BCUT2D eigenvalue weighted by Crippen LogP contribution is 2.20. The van der Waals surface area contributed by atoms with Crippen molar-refractivity contribution in [2.75, 3.05) is 6.54 Å². The average molecular weight is 305 g/mol. The lowest BCUT2D eigenvalue weighted by Crippen LogP contribution is -2.31. The number of rotatable bonds is 5. The van der Waals surface area contributed by atoms with Crippen molar-refractivity contribution in [3.63, 3.8) is 0 Å². The second kappa shape index (κ2) is 6.59. The van der Waals surface area contributed by atoms with Crippen LogP contribution < -0.4 is 5.32 Å². The first-order valence-electron chi connectivity index (χ1n) is 6.77. The molecule has 1 N–H and O–H groups in total. The molecule has 6 heteroatoms. The molecule has 0 radical (unpaired) electrons. The number of para-hydroxylation sites is 1. The first-order valence-corrected chi connectivity index (χ1v) is 7.31. The van der Waals surface area contributed by atoms with Crippen LogP contribution in [0.15, 0.2) is 18.2 Å². The monoisotopic (exact) mass is 304 g/mol. The fraction of sp³-hybridized carbons (Fsp3) is 0.400. The van der Waals surface area contributed by atoms with Gasteiger partial charge in [-0.3, -0.25) is 4.79 Å². The fourth-order valence-electron chi connectivity index (χ4n) is 2.08. The van der Waals surface area contributed by atoms with Gasteiger partial charge in [-0.2, -0.15) is 5.26 Å². The molecule has 0 spiro atoms. The number of nitrogens with one attached hydrogen (secondary N) is 1. The second-order valence-electron chi connectivity index (χ2n) is 5.23. The molecule has 0 aliphatic carbocycles. The van der Waals surface area contributed by atoms with Gasteiger partial charge < -0.3 is 9.88 Å². The van der Waals surface area contributed by atoms with E-state index in [1.54, 1.807) is 16.7 Å². The molecule has 110 valence electrons. The quantitative estimate of drug-likeness (QED) is 0.862. The third-order valence-electron chi connectivity index (χ3n) is 3.11. The number of fused-ring (bicyclic) bond motifs is 1. The molecular weight excluding hydrogens is 288 g/mol. The largest absolute Gasteiger partial charge is 0.354 e. The highest BCUT2D eigenvalue weighted by Gasteiger charge is 2.15. The van der Waals surface area contributed by atoms with E-state index in [1.165, 1.54) is 0 Å². The van der Waals surface area contributed by atoms with Crippen molar-refractivity contribution in [1.29, 1.82) is 5.26 Å². The summed E-state index contributed by atoms with van der Waals surface area (Å²) in [7, 11) is 0. The van der Waals surface area contributed by atoms with Crippen molar-refractivity contribution in [2.24, 2.45) is 5.92 Å². The minimum absolute atomic E-state index is 0.0864. The molecule has 5 nitrogen and oxygen atoms in total. The summed E-state index contributed by atoms with van der Waals surface area (Å²) in [6.45, 7) is 4.86. The first-order chi connectivity index (χ1) is 10.1. The SMILES string of the molecule is CC(C)CNC(=O)Cn1c(CCl)nc2c(C#N)cccc21. The van der Waals surface area contributed by atoms with Crippen molar-refractivity contribution in [3.8, 4) is 6.07 Å². The Morgan fingerprint density at radius 1 is 1.52 bits per heavy atom. The molecule has 2 aromatic rings. The van der Waals surface area contributed by atoms with Crippen LogP contribution in [0.2, 0.25) is 0 Å². The maximum Gasteiger partial charge on any atom is 0.240 e. The highest BCUT2D eigenvalue weighted by atomic mass is 35.5. The number of carbonyl (C=O) groups is 1. The van der Waals surface area contributed by atoms with E-state index in [1.807, 2.05) is 19.9 Å². The zero-order chi connectivity index (χ0) is 15.4. The Balaban J connectivity index is 2.34. The lowest BCUT2D eigenvalue weighted by atomic mass is 10.2. The number of benzene rings is 1. The summed E-state index contributed by atoms with van der Waals surface area (Å²) < 4.78 is 1.76. The molecule has 1 amide bonds. The van der Waals surface area contributed by atoms with Gasteiger partial charge in [-0.25, -0.2) is 4.98 Å². The number of nitrogens with zero attached hydrogens (tertiary/aromatic N) is 3. The van der Waals surface area contributed by atoms with E-state index in [9.17, 15) is 4.79 Å². The van der Waals surface area contributed by atoms with Crippen LogP contribution in [0.4, 0.5) is 0 Å². The number of halogens is 1. The Kier molecular flexibility index (Phi) is 4.81. The Bertz CT molecular complexity index is 699. The van der Waals surface area contributed by atoms with E-state index in [-0.39, 0.29) is 18.3 Å². The molecule has 1 heterocycles. The van der Waals surface area contributed by atoms with E-state index in [0.717, 1.165) is 5.52 Å². The summed E-state index contributed by atoms with van der Waals surface area (Å²) in [6, 6.07) is 7.44. The zero-order valence-electron chi connectivity index (χ0n) is 12.1. The maximum absolute atomic E-state index is 12.0. The van der Waals surface area contributed by atoms with Gasteiger partial charge in [-0.1, -0.05) is 19.9 Å². The smallest absolute Gasteiger partial charge is 0.240 e. The predicted molar refractivity (Wildman–Crippen MR) is 81.9 cm³/mol. The van der Waals surface area contributed by atoms with Crippen LogP contribution >= 0.6 is 11.6 Å². The fourth-order valence-corrected chi connectivity index (χ4v) is 2.29. The van der Waals surface area contributed by atoms with Crippen LogP contribution in [-0.4, -0.2) is 22.0 Å². The van der Waals surface area contributed by atoms with Crippen molar-refractivity contribution >= 4 is 28.5 Å². The van der Waals surface area contributed by atoms with Crippen molar-refractivity contribution in [3.05, 3.63) is 29.6 Å². The van der Waals surface area contributed by atoms with E-state index in [0.29, 0.717) is 29.4 Å². The van der Waals surface area contributed by atoms with E-state index >= 15 is 0 Å². The number of alkyl halides is 1. The van der Waals surface area contributed by atoms with Crippen molar-refractivity contribution in [1.82, 2.24) is 14.9 Å². The summed E-state index contributed by atoms with van der Waals surface area (Å²) >= 11 is 5.91. The summed E-state index contributed by atoms with van der Waals surface area (Å²) in [5.41, 5.74) is 1.83. The van der Waals surface area contributed by atoms with Gasteiger partial charge in [0.25, 0.3) is 0 Å². The number of amides is 1. The summed E-state index contributed by atoms with van der Waals surface area (Å²) in [4.78, 5) is 16.4.